The van der Waals surface area contributed by atoms with E-state index in [1.165, 1.54) is 41.3 Å². The zero-order valence-electron chi connectivity index (χ0n) is 13.5. The van der Waals surface area contributed by atoms with E-state index in [-0.39, 0.29) is 0 Å². The van der Waals surface area contributed by atoms with Gasteiger partial charge in [-0.3, -0.25) is 0 Å². The predicted octanol–water partition coefficient (Wildman–Crippen LogP) is 5.25. The van der Waals surface area contributed by atoms with Crippen LogP contribution in [0.2, 0.25) is 0 Å². The van der Waals surface area contributed by atoms with Crippen LogP contribution < -0.4 is 10.1 Å². The number of hydrogen-bond acceptors (Lipinski definition) is 2. The lowest BCUT2D eigenvalue weighted by Crippen LogP contribution is -2.28. The second-order valence-electron chi connectivity index (χ2n) is 5.95. The number of benzene rings is 1. The first kappa shape index (κ1) is 16.8. The lowest BCUT2D eigenvalue weighted by atomic mass is 9.85. The van der Waals surface area contributed by atoms with Gasteiger partial charge in [-0.1, -0.05) is 49.5 Å². The third-order valence-corrected chi connectivity index (χ3v) is 4.78. The Morgan fingerprint density at radius 3 is 2.52 bits per heavy atom. The van der Waals surface area contributed by atoms with Gasteiger partial charge in [-0.15, -0.1) is 0 Å². The Balaban J connectivity index is 2.37. The van der Waals surface area contributed by atoms with Crippen LogP contribution in [0.15, 0.2) is 16.6 Å². The molecule has 2 nitrogen and oxygen atoms in total. The summed E-state index contributed by atoms with van der Waals surface area (Å²) in [6.07, 6.45) is 6.06. The third kappa shape index (κ3) is 4.01. The van der Waals surface area contributed by atoms with Crippen LogP contribution in [0, 0.1) is 5.92 Å². The maximum absolute atomic E-state index is 5.96. The van der Waals surface area contributed by atoms with Gasteiger partial charge in [0.2, 0.25) is 0 Å². The van der Waals surface area contributed by atoms with Gasteiger partial charge in [0, 0.05) is 22.5 Å². The van der Waals surface area contributed by atoms with E-state index in [1.807, 2.05) is 0 Å². The molecule has 1 aliphatic rings. The number of fused-ring (bicyclic) bond motifs is 1. The van der Waals surface area contributed by atoms with Crippen LogP contribution >= 0.6 is 15.9 Å². The van der Waals surface area contributed by atoms with E-state index in [9.17, 15) is 0 Å². The average molecular weight is 354 g/mol. The van der Waals surface area contributed by atoms with Crippen LogP contribution in [0.25, 0.3) is 0 Å². The van der Waals surface area contributed by atoms with Gasteiger partial charge < -0.3 is 10.1 Å². The molecule has 0 bridgehead atoms. The van der Waals surface area contributed by atoms with Gasteiger partial charge in [-0.2, -0.15) is 0 Å². The summed E-state index contributed by atoms with van der Waals surface area (Å²) in [6.45, 7) is 8.59. The highest BCUT2D eigenvalue weighted by Gasteiger charge is 2.27. The zero-order valence-corrected chi connectivity index (χ0v) is 15.1. The van der Waals surface area contributed by atoms with Crippen molar-refractivity contribution >= 4 is 15.9 Å². The molecule has 2 rings (SSSR count). The highest BCUT2D eigenvalue weighted by molar-refractivity contribution is 9.10. The van der Waals surface area contributed by atoms with Gasteiger partial charge >= 0.3 is 0 Å². The van der Waals surface area contributed by atoms with Crippen molar-refractivity contribution in [1.82, 2.24) is 5.32 Å². The minimum atomic E-state index is 0.402. The van der Waals surface area contributed by atoms with Gasteiger partial charge in [0.15, 0.2) is 0 Å². The Kier molecular flexibility index (Phi) is 6.56. The lowest BCUT2D eigenvalue weighted by molar-refractivity contribution is 0.302. The highest BCUT2D eigenvalue weighted by atomic mass is 79.9. The number of rotatable bonds is 8. The van der Waals surface area contributed by atoms with Gasteiger partial charge in [-0.25, -0.2) is 0 Å². The molecule has 118 valence electrons. The van der Waals surface area contributed by atoms with E-state index in [2.05, 4.69) is 54.2 Å². The summed E-state index contributed by atoms with van der Waals surface area (Å²) in [4.78, 5) is 0. The van der Waals surface area contributed by atoms with E-state index in [1.54, 1.807) is 0 Å². The molecular formula is C18H28BrNO. The van der Waals surface area contributed by atoms with Gasteiger partial charge in [0.25, 0.3) is 0 Å². The van der Waals surface area contributed by atoms with Crippen LogP contribution in [0.3, 0.4) is 0 Å². The molecule has 0 aliphatic carbocycles. The van der Waals surface area contributed by atoms with Crippen molar-refractivity contribution in [3.8, 4) is 5.75 Å². The Morgan fingerprint density at radius 1 is 1.19 bits per heavy atom. The van der Waals surface area contributed by atoms with E-state index in [0.29, 0.717) is 12.0 Å². The molecule has 0 spiro atoms. The molecule has 1 heterocycles. The molecule has 1 N–H and O–H groups in total. The first-order valence-corrected chi connectivity index (χ1v) is 9.19. The van der Waals surface area contributed by atoms with Crippen molar-refractivity contribution in [2.24, 2.45) is 5.92 Å². The SMILES string of the molecule is CCCC(CCC)C(NCC)c1cc(Br)cc2c1OCC2. The van der Waals surface area contributed by atoms with Gasteiger partial charge in [0.1, 0.15) is 5.75 Å². The van der Waals surface area contributed by atoms with E-state index in [0.717, 1.165) is 25.3 Å². The molecule has 0 saturated carbocycles. The topological polar surface area (TPSA) is 21.3 Å². The summed E-state index contributed by atoms with van der Waals surface area (Å²) >= 11 is 3.68. The molecule has 0 radical (unpaired) electrons. The van der Waals surface area contributed by atoms with Gasteiger partial charge in [-0.05, 0) is 43.0 Å². The molecule has 21 heavy (non-hydrogen) atoms. The third-order valence-electron chi connectivity index (χ3n) is 4.33. The molecule has 1 atom stereocenters. The second-order valence-corrected chi connectivity index (χ2v) is 6.87. The first-order chi connectivity index (χ1) is 10.2. The summed E-state index contributed by atoms with van der Waals surface area (Å²) in [5, 5.41) is 3.72. The summed E-state index contributed by atoms with van der Waals surface area (Å²) in [6, 6.07) is 4.87. The molecule has 1 aliphatic heterocycles. The number of halogens is 1. The maximum Gasteiger partial charge on any atom is 0.127 e. The number of hydrogen-bond donors (Lipinski definition) is 1. The van der Waals surface area contributed by atoms with Crippen molar-refractivity contribution in [1.29, 1.82) is 0 Å². The maximum atomic E-state index is 5.96. The lowest BCUT2D eigenvalue weighted by Gasteiger charge is -2.29. The van der Waals surface area contributed by atoms with E-state index < -0.39 is 0 Å². The average Bonchev–Trinajstić information content (AvgIpc) is 2.92. The standard InChI is InChI=1S/C18H28BrNO/c1-4-7-13(8-5-2)17(20-6-3)16-12-15(19)11-14-9-10-21-18(14)16/h11-13,17,20H,4-10H2,1-3H3. The fraction of sp³-hybridized carbons (Fsp3) is 0.667. The van der Waals surface area contributed by atoms with Crippen molar-refractivity contribution < 1.29 is 4.74 Å². The van der Waals surface area contributed by atoms with E-state index >= 15 is 0 Å². The summed E-state index contributed by atoms with van der Waals surface area (Å²) in [7, 11) is 0. The fourth-order valence-corrected chi connectivity index (χ4v) is 4.02. The number of ether oxygens (including phenoxy) is 1. The Labute approximate surface area is 137 Å². The van der Waals surface area contributed by atoms with Crippen LogP contribution in [0.4, 0.5) is 0 Å². The van der Waals surface area contributed by atoms with Crippen molar-refractivity contribution in [2.45, 2.75) is 58.9 Å². The second kappa shape index (κ2) is 8.19. The molecule has 3 heteroatoms. The first-order valence-electron chi connectivity index (χ1n) is 8.39. The van der Waals surface area contributed by atoms with Crippen LogP contribution in [-0.4, -0.2) is 13.2 Å². The molecule has 1 aromatic carbocycles. The van der Waals surface area contributed by atoms with Crippen LogP contribution in [-0.2, 0) is 6.42 Å². The molecule has 0 aromatic heterocycles. The van der Waals surface area contributed by atoms with E-state index in [4.69, 9.17) is 4.74 Å². The quantitative estimate of drug-likeness (QED) is 0.688. The Bertz CT molecular complexity index is 455. The smallest absolute Gasteiger partial charge is 0.127 e. The molecular weight excluding hydrogens is 326 g/mol. The van der Waals surface area contributed by atoms with Crippen LogP contribution in [0.5, 0.6) is 5.75 Å². The van der Waals surface area contributed by atoms with Gasteiger partial charge in [0.05, 0.1) is 6.61 Å². The zero-order chi connectivity index (χ0) is 15.2. The Morgan fingerprint density at radius 2 is 1.90 bits per heavy atom. The van der Waals surface area contributed by atoms with Crippen molar-refractivity contribution in [2.75, 3.05) is 13.2 Å². The summed E-state index contributed by atoms with van der Waals surface area (Å²) in [5.41, 5.74) is 2.71. The number of nitrogens with one attached hydrogen (secondary N) is 1. The predicted molar refractivity (Wildman–Crippen MR) is 93.1 cm³/mol. The summed E-state index contributed by atoms with van der Waals surface area (Å²) < 4.78 is 7.13. The van der Waals surface area contributed by atoms with Crippen molar-refractivity contribution in [3.63, 3.8) is 0 Å². The largest absolute Gasteiger partial charge is 0.493 e. The fourth-order valence-electron chi connectivity index (χ4n) is 3.50. The van der Waals surface area contributed by atoms with Crippen LogP contribution in [0.1, 0.15) is 63.6 Å². The Hall–Kier alpha value is -0.540. The molecule has 1 unspecified atom stereocenters. The van der Waals surface area contributed by atoms with Crippen molar-refractivity contribution in [3.05, 3.63) is 27.7 Å². The molecule has 1 aromatic rings. The summed E-state index contributed by atoms with van der Waals surface area (Å²) in [5.74, 6) is 1.82. The molecule has 0 fully saturated rings. The molecule has 0 amide bonds. The normalized spacial score (nSPS) is 15.1. The minimum Gasteiger partial charge on any atom is -0.493 e. The monoisotopic (exact) mass is 353 g/mol. The minimum absolute atomic E-state index is 0.402. The highest BCUT2D eigenvalue weighted by Crippen LogP contribution is 2.40. The molecule has 0 saturated heterocycles.